The first-order valence-corrected chi connectivity index (χ1v) is 7.79. The second-order valence-corrected chi connectivity index (χ2v) is 6.69. The predicted molar refractivity (Wildman–Crippen MR) is 87.1 cm³/mol. The number of aromatic nitrogens is 2. The van der Waals surface area contributed by atoms with Crippen molar-refractivity contribution in [1.82, 2.24) is 15.1 Å². The first-order chi connectivity index (χ1) is 11.3. The number of nitrogens with zero attached hydrogens (tertiary/aromatic N) is 4. The van der Waals surface area contributed by atoms with Crippen LogP contribution in [0.2, 0.25) is 0 Å². The molecule has 3 heterocycles. The number of carbonyl (C=O) groups excluding carboxylic acids is 1. The van der Waals surface area contributed by atoms with Crippen LogP contribution in [0.5, 0.6) is 0 Å². The molecule has 2 aromatic rings. The molecular weight excluding hydrogens is 313 g/mol. The molecule has 1 aliphatic rings. The van der Waals surface area contributed by atoms with Gasteiger partial charge in [0.25, 0.3) is 0 Å². The second-order valence-electron chi connectivity index (χ2n) is 6.69. The molecule has 3 rings (SSSR count). The van der Waals surface area contributed by atoms with Gasteiger partial charge in [0, 0.05) is 24.6 Å². The molecule has 0 aliphatic carbocycles. The molecule has 1 aliphatic heterocycles. The van der Waals surface area contributed by atoms with Gasteiger partial charge in [-0.05, 0) is 18.6 Å². The molecule has 128 valence electrons. The van der Waals surface area contributed by atoms with Crippen LogP contribution in [0.4, 0.5) is 20.9 Å². The standard InChI is InChI=1S/C16H20FN5O2/c1-16(2,3)12-9-14(24-20-12)19-15(23)22-8-4-7-21(22)13-6-5-11(17)10-18-13/h5-6,9-10H,4,7-8H2,1-3H3,(H,19,23). The number of hydrogen-bond acceptors (Lipinski definition) is 5. The van der Waals surface area contributed by atoms with E-state index in [2.05, 4.69) is 15.5 Å². The van der Waals surface area contributed by atoms with Gasteiger partial charge in [-0.3, -0.25) is 10.3 Å². The fourth-order valence-electron chi connectivity index (χ4n) is 2.44. The zero-order valence-electron chi connectivity index (χ0n) is 13.9. The van der Waals surface area contributed by atoms with Crippen LogP contribution in [0.1, 0.15) is 32.9 Å². The number of amides is 2. The van der Waals surface area contributed by atoms with E-state index < -0.39 is 5.82 Å². The molecule has 0 aromatic carbocycles. The van der Waals surface area contributed by atoms with E-state index in [1.165, 1.54) is 11.1 Å². The average molecular weight is 333 g/mol. The van der Waals surface area contributed by atoms with Crippen molar-refractivity contribution >= 4 is 17.7 Å². The molecule has 1 N–H and O–H groups in total. The van der Waals surface area contributed by atoms with Gasteiger partial charge in [-0.15, -0.1) is 0 Å². The first-order valence-electron chi connectivity index (χ1n) is 7.79. The van der Waals surface area contributed by atoms with Gasteiger partial charge in [0.2, 0.25) is 5.88 Å². The lowest BCUT2D eigenvalue weighted by Gasteiger charge is -2.28. The van der Waals surface area contributed by atoms with Crippen molar-refractivity contribution in [2.45, 2.75) is 32.6 Å². The summed E-state index contributed by atoms with van der Waals surface area (Å²) in [5.74, 6) is 0.408. The quantitative estimate of drug-likeness (QED) is 0.914. The van der Waals surface area contributed by atoms with Crippen LogP contribution < -0.4 is 10.3 Å². The van der Waals surface area contributed by atoms with Gasteiger partial charge in [-0.1, -0.05) is 25.9 Å². The molecule has 1 saturated heterocycles. The van der Waals surface area contributed by atoms with Crippen molar-refractivity contribution in [1.29, 1.82) is 0 Å². The fraction of sp³-hybridized carbons (Fsp3) is 0.438. The lowest BCUT2D eigenvalue weighted by molar-refractivity contribution is 0.217. The normalized spacial score (nSPS) is 15.0. The Balaban J connectivity index is 1.72. The Morgan fingerprint density at radius 1 is 1.33 bits per heavy atom. The second kappa shape index (κ2) is 6.10. The number of nitrogens with one attached hydrogen (secondary N) is 1. The number of rotatable bonds is 2. The van der Waals surface area contributed by atoms with Gasteiger partial charge in [0.15, 0.2) is 0 Å². The Bertz CT molecular complexity index is 723. The maximum atomic E-state index is 13.0. The van der Waals surface area contributed by atoms with Gasteiger partial charge in [-0.25, -0.2) is 19.2 Å². The van der Waals surface area contributed by atoms with Crippen LogP contribution in [-0.4, -0.2) is 34.3 Å². The van der Waals surface area contributed by atoms with Gasteiger partial charge in [0.1, 0.15) is 11.6 Å². The van der Waals surface area contributed by atoms with E-state index in [0.29, 0.717) is 24.8 Å². The molecular formula is C16H20FN5O2. The summed E-state index contributed by atoms with van der Waals surface area (Å²) in [7, 11) is 0. The predicted octanol–water partition coefficient (Wildman–Crippen LogP) is 3.17. The summed E-state index contributed by atoms with van der Waals surface area (Å²) in [4.78, 5) is 16.5. The minimum absolute atomic E-state index is 0.163. The monoisotopic (exact) mass is 333 g/mol. The van der Waals surface area contributed by atoms with Crippen molar-refractivity contribution in [3.8, 4) is 0 Å². The third kappa shape index (κ3) is 3.32. The molecule has 0 unspecified atom stereocenters. The lowest BCUT2D eigenvalue weighted by Crippen LogP contribution is -2.44. The number of carbonyl (C=O) groups is 1. The van der Waals surface area contributed by atoms with Crippen molar-refractivity contribution in [3.63, 3.8) is 0 Å². The fourth-order valence-corrected chi connectivity index (χ4v) is 2.44. The summed E-state index contributed by atoms with van der Waals surface area (Å²) >= 11 is 0. The molecule has 0 saturated carbocycles. The summed E-state index contributed by atoms with van der Waals surface area (Å²) in [6, 6.07) is 4.25. The van der Waals surface area contributed by atoms with Gasteiger partial charge in [0.05, 0.1) is 11.9 Å². The lowest BCUT2D eigenvalue weighted by atomic mass is 9.92. The zero-order chi connectivity index (χ0) is 17.3. The molecule has 0 atom stereocenters. The van der Waals surface area contributed by atoms with E-state index in [1.54, 1.807) is 17.1 Å². The van der Waals surface area contributed by atoms with Gasteiger partial charge in [-0.2, -0.15) is 0 Å². The maximum absolute atomic E-state index is 13.0. The van der Waals surface area contributed by atoms with Gasteiger partial charge < -0.3 is 4.52 Å². The van der Waals surface area contributed by atoms with Crippen molar-refractivity contribution in [2.24, 2.45) is 0 Å². The van der Waals surface area contributed by atoms with E-state index >= 15 is 0 Å². The van der Waals surface area contributed by atoms with Crippen molar-refractivity contribution in [3.05, 3.63) is 35.9 Å². The number of anilines is 2. The van der Waals surface area contributed by atoms with E-state index in [4.69, 9.17) is 4.52 Å². The molecule has 0 bridgehead atoms. The minimum Gasteiger partial charge on any atom is -0.338 e. The number of hydrazine groups is 1. The Kier molecular flexibility index (Phi) is 4.13. The number of urea groups is 1. The van der Waals surface area contributed by atoms with E-state index in [1.807, 2.05) is 20.8 Å². The molecule has 24 heavy (non-hydrogen) atoms. The largest absolute Gasteiger partial charge is 0.343 e. The van der Waals surface area contributed by atoms with E-state index in [-0.39, 0.29) is 11.4 Å². The first kappa shape index (κ1) is 16.2. The Labute approximate surface area is 139 Å². The molecule has 0 spiro atoms. The summed E-state index contributed by atoms with van der Waals surface area (Å²) in [5.41, 5.74) is 0.598. The topological polar surface area (TPSA) is 74.5 Å². The van der Waals surface area contributed by atoms with Crippen LogP contribution >= 0.6 is 0 Å². The summed E-state index contributed by atoms with van der Waals surface area (Å²) in [6.45, 7) is 7.22. The molecule has 0 radical (unpaired) electrons. The van der Waals surface area contributed by atoms with Crippen LogP contribution in [0.15, 0.2) is 28.9 Å². The van der Waals surface area contributed by atoms with Crippen LogP contribution in [0.25, 0.3) is 0 Å². The van der Waals surface area contributed by atoms with Crippen molar-refractivity contribution < 1.29 is 13.7 Å². The number of halogens is 1. The third-order valence-electron chi connectivity index (χ3n) is 3.75. The van der Waals surface area contributed by atoms with E-state index in [9.17, 15) is 9.18 Å². The summed E-state index contributed by atoms with van der Waals surface area (Å²) in [5, 5.41) is 9.93. The Morgan fingerprint density at radius 3 is 2.75 bits per heavy atom. The molecule has 1 fully saturated rings. The molecule has 7 nitrogen and oxygen atoms in total. The van der Waals surface area contributed by atoms with Crippen molar-refractivity contribution in [2.75, 3.05) is 23.4 Å². The number of pyridine rings is 1. The third-order valence-corrected chi connectivity index (χ3v) is 3.75. The van der Waals surface area contributed by atoms with Crippen LogP contribution in [0.3, 0.4) is 0 Å². The maximum Gasteiger partial charge on any atom is 0.343 e. The van der Waals surface area contributed by atoms with Crippen LogP contribution in [0, 0.1) is 5.82 Å². The minimum atomic E-state index is -0.412. The molecule has 2 amide bonds. The van der Waals surface area contributed by atoms with E-state index in [0.717, 1.165) is 18.3 Å². The van der Waals surface area contributed by atoms with Gasteiger partial charge >= 0.3 is 6.03 Å². The highest BCUT2D eigenvalue weighted by molar-refractivity contribution is 5.89. The summed E-state index contributed by atoms with van der Waals surface area (Å²) in [6.07, 6.45) is 1.94. The SMILES string of the molecule is CC(C)(C)c1cc(NC(=O)N2CCCN2c2ccc(F)cn2)on1. The smallest absolute Gasteiger partial charge is 0.338 e. The summed E-state index contributed by atoms with van der Waals surface area (Å²) < 4.78 is 18.2. The average Bonchev–Trinajstić information content (AvgIpc) is 3.16. The molecule has 2 aromatic heterocycles. The van der Waals surface area contributed by atoms with Crippen LogP contribution in [-0.2, 0) is 5.41 Å². The number of hydrogen-bond donors (Lipinski definition) is 1. The molecule has 8 heteroatoms. The highest BCUT2D eigenvalue weighted by Gasteiger charge is 2.29. The Hall–Kier alpha value is -2.64. The highest BCUT2D eigenvalue weighted by atomic mass is 19.1. The highest BCUT2D eigenvalue weighted by Crippen LogP contribution is 2.25. The Morgan fingerprint density at radius 2 is 2.12 bits per heavy atom. The zero-order valence-corrected chi connectivity index (χ0v) is 13.9.